The lowest BCUT2D eigenvalue weighted by Crippen LogP contribution is -2.64. The van der Waals surface area contributed by atoms with E-state index in [0.29, 0.717) is 17.4 Å². The van der Waals surface area contributed by atoms with Gasteiger partial charge >= 0.3 is 0 Å². The van der Waals surface area contributed by atoms with Gasteiger partial charge in [0, 0.05) is 31.2 Å². The first-order chi connectivity index (χ1) is 9.84. The van der Waals surface area contributed by atoms with E-state index in [2.05, 4.69) is 44.5 Å². The first-order valence-electron chi connectivity index (χ1n) is 9.00. The zero-order chi connectivity index (χ0) is 15.7. The zero-order valence-electron chi connectivity index (χ0n) is 15.0. The molecule has 2 rings (SSSR count). The predicted octanol–water partition coefficient (Wildman–Crippen LogP) is 2.95. The van der Waals surface area contributed by atoms with E-state index < -0.39 is 0 Å². The molecule has 0 bridgehead atoms. The molecule has 2 fully saturated rings. The molecule has 0 aromatic heterocycles. The van der Waals surface area contributed by atoms with Crippen molar-refractivity contribution in [1.82, 2.24) is 9.80 Å². The molecule has 1 saturated carbocycles. The molecule has 3 nitrogen and oxygen atoms in total. The van der Waals surface area contributed by atoms with Crippen molar-refractivity contribution in [2.24, 2.45) is 17.1 Å². The Hall–Kier alpha value is -0.120. The lowest BCUT2D eigenvalue weighted by atomic mass is 9.62. The lowest BCUT2D eigenvalue weighted by molar-refractivity contribution is -0.0457. The summed E-state index contributed by atoms with van der Waals surface area (Å²) in [6.45, 7) is 14.1. The van der Waals surface area contributed by atoms with Crippen molar-refractivity contribution >= 4 is 0 Å². The second-order valence-corrected chi connectivity index (χ2v) is 8.45. The van der Waals surface area contributed by atoms with Crippen LogP contribution >= 0.6 is 0 Å². The van der Waals surface area contributed by atoms with Crippen LogP contribution in [0.4, 0.5) is 0 Å². The summed E-state index contributed by atoms with van der Waals surface area (Å²) in [6.07, 6.45) is 6.43. The molecule has 0 aromatic rings. The summed E-state index contributed by atoms with van der Waals surface area (Å²) in [6, 6.07) is 0.671. The molecule has 1 heterocycles. The highest BCUT2D eigenvalue weighted by Gasteiger charge is 2.48. The van der Waals surface area contributed by atoms with Gasteiger partial charge < -0.3 is 10.6 Å². The van der Waals surface area contributed by atoms with Crippen molar-refractivity contribution in [2.75, 3.05) is 33.2 Å². The minimum absolute atomic E-state index is 0.237. The molecular formula is C18H37N3. The first-order valence-corrected chi connectivity index (χ1v) is 9.00. The molecule has 0 spiro atoms. The molecule has 0 aromatic carbocycles. The normalized spacial score (nSPS) is 39.1. The van der Waals surface area contributed by atoms with Crippen LogP contribution in [0.3, 0.4) is 0 Å². The van der Waals surface area contributed by atoms with Crippen LogP contribution in [-0.4, -0.2) is 54.6 Å². The number of likely N-dealkylation sites (N-methyl/N-ethyl adjacent to an activating group) is 1. The van der Waals surface area contributed by atoms with Gasteiger partial charge in [-0.2, -0.15) is 0 Å². The fourth-order valence-electron chi connectivity index (χ4n) is 4.95. The Bertz CT molecular complexity index is 341. The van der Waals surface area contributed by atoms with Gasteiger partial charge in [0.05, 0.1) is 0 Å². The number of rotatable bonds is 3. The lowest BCUT2D eigenvalue weighted by Gasteiger charge is -2.56. The molecule has 0 amide bonds. The summed E-state index contributed by atoms with van der Waals surface area (Å²) < 4.78 is 0. The van der Waals surface area contributed by atoms with Crippen LogP contribution in [0.5, 0.6) is 0 Å². The highest BCUT2D eigenvalue weighted by Crippen LogP contribution is 2.47. The molecule has 2 N–H and O–H groups in total. The number of nitrogens with zero attached hydrogens (tertiary/aromatic N) is 2. The topological polar surface area (TPSA) is 32.5 Å². The third-order valence-corrected chi connectivity index (χ3v) is 6.31. The summed E-state index contributed by atoms with van der Waals surface area (Å²) in [5.74, 6) is 0.698. The Morgan fingerprint density at radius 2 is 1.90 bits per heavy atom. The van der Waals surface area contributed by atoms with Gasteiger partial charge in [-0.1, -0.05) is 27.7 Å². The number of hydrogen-bond acceptors (Lipinski definition) is 3. The van der Waals surface area contributed by atoms with Crippen LogP contribution in [-0.2, 0) is 0 Å². The average molecular weight is 296 g/mol. The van der Waals surface area contributed by atoms with Crippen LogP contribution in [0.1, 0.15) is 59.8 Å². The number of hydrogen-bond donors (Lipinski definition) is 1. The van der Waals surface area contributed by atoms with Gasteiger partial charge in [-0.25, -0.2) is 0 Å². The second kappa shape index (κ2) is 6.55. The van der Waals surface area contributed by atoms with Gasteiger partial charge in [0.2, 0.25) is 0 Å². The fraction of sp³-hybridized carbons (Fsp3) is 1.00. The van der Waals surface area contributed by atoms with Crippen molar-refractivity contribution in [2.45, 2.75) is 71.4 Å². The van der Waals surface area contributed by atoms with Crippen LogP contribution in [0, 0.1) is 11.3 Å². The van der Waals surface area contributed by atoms with Crippen molar-refractivity contribution in [1.29, 1.82) is 0 Å². The molecule has 2 aliphatic rings. The standard InChI is InChI=1S/C18H37N3/c1-6-16-13-20(5)10-7-11-21(16)18(14-19)9-8-17(3,4)12-15(18)2/h15-16H,6-14,19H2,1-5H3. The summed E-state index contributed by atoms with van der Waals surface area (Å²) >= 11 is 0. The molecular weight excluding hydrogens is 258 g/mol. The predicted molar refractivity (Wildman–Crippen MR) is 91.5 cm³/mol. The van der Waals surface area contributed by atoms with Crippen LogP contribution in [0.2, 0.25) is 0 Å². The largest absolute Gasteiger partial charge is 0.329 e. The van der Waals surface area contributed by atoms with Gasteiger partial charge in [0.1, 0.15) is 0 Å². The average Bonchev–Trinajstić information content (AvgIpc) is 2.61. The first kappa shape index (κ1) is 17.2. The highest BCUT2D eigenvalue weighted by atomic mass is 15.3. The monoisotopic (exact) mass is 295 g/mol. The second-order valence-electron chi connectivity index (χ2n) is 8.45. The molecule has 3 atom stereocenters. The van der Waals surface area contributed by atoms with Gasteiger partial charge in [-0.15, -0.1) is 0 Å². The molecule has 21 heavy (non-hydrogen) atoms. The maximum atomic E-state index is 6.40. The molecule has 124 valence electrons. The van der Waals surface area contributed by atoms with E-state index >= 15 is 0 Å². The quantitative estimate of drug-likeness (QED) is 0.869. The maximum Gasteiger partial charge on any atom is 0.0361 e. The Labute approximate surface area is 132 Å². The van der Waals surface area contributed by atoms with Crippen molar-refractivity contribution < 1.29 is 0 Å². The van der Waals surface area contributed by atoms with Gasteiger partial charge in [-0.05, 0) is 57.0 Å². The Morgan fingerprint density at radius 1 is 1.19 bits per heavy atom. The Kier molecular flexibility index (Phi) is 5.38. The molecule has 3 unspecified atom stereocenters. The minimum Gasteiger partial charge on any atom is -0.329 e. The smallest absolute Gasteiger partial charge is 0.0361 e. The molecule has 1 aliphatic carbocycles. The Balaban J connectivity index is 2.25. The minimum atomic E-state index is 0.237. The van der Waals surface area contributed by atoms with E-state index in [4.69, 9.17) is 5.73 Å². The van der Waals surface area contributed by atoms with E-state index in [0.717, 1.165) is 6.54 Å². The van der Waals surface area contributed by atoms with Gasteiger partial charge in [-0.3, -0.25) is 4.90 Å². The summed E-state index contributed by atoms with van der Waals surface area (Å²) in [7, 11) is 2.27. The van der Waals surface area contributed by atoms with E-state index in [-0.39, 0.29) is 5.54 Å². The Morgan fingerprint density at radius 3 is 2.48 bits per heavy atom. The highest BCUT2D eigenvalue weighted by molar-refractivity contribution is 5.04. The van der Waals surface area contributed by atoms with Crippen LogP contribution < -0.4 is 5.73 Å². The van der Waals surface area contributed by atoms with Gasteiger partial charge in [0.15, 0.2) is 0 Å². The molecule has 0 radical (unpaired) electrons. The maximum absolute atomic E-state index is 6.40. The summed E-state index contributed by atoms with van der Waals surface area (Å²) in [4.78, 5) is 5.34. The van der Waals surface area contributed by atoms with Crippen LogP contribution in [0.25, 0.3) is 0 Å². The molecule has 1 saturated heterocycles. The zero-order valence-corrected chi connectivity index (χ0v) is 15.0. The fourth-order valence-corrected chi connectivity index (χ4v) is 4.95. The van der Waals surface area contributed by atoms with E-state index in [1.165, 1.54) is 51.7 Å². The summed E-state index contributed by atoms with van der Waals surface area (Å²) in [5, 5.41) is 0. The van der Waals surface area contributed by atoms with Crippen molar-refractivity contribution in [3.8, 4) is 0 Å². The third-order valence-electron chi connectivity index (χ3n) is 6.31. The summed E-state index contributed by atoms with van der Waals surface area (Å²) in [5.41, 5.74) is 7.12. The SMILES string of the molecule is CCC1CN(C)CCCN1C1(CN)CCC(C)(C)CC1C. The van der Waals surface area contributed by atoms with E-state index in [1.807, 2.05) is 0 Å². The van der Waals surface area contributed by atoms with Crippen molar-refractivity contribution in [3.63, 3.8) is 0 Å². The van der Waals surface area contributed by atoms with E-state index in [9.17, 15) is 0 Å². The molecule has 1 aliphatic heterocycles. The van der Waals surface area contributed by atoms with E-state index in [1.54, 1.807) is 0 Å². The third kappa shape index (κ3) is 3.46. The molecule has 3 heteroatoms. The van der Waals surface area contributed by atoms with Crippen LogP contribution in [0.15, 0.2) is 0 Å². The van der Waals surface area contributed by atoms with Crippen molar-refractivity contribution in [3.05, 3.63) is 0 Å². The number of nitrogens with two attached hydrogens (primary N) is 1. The van der Waals surface area contributed by atoms with Gasteiger partial charge in [0.25, 0.3) is 0 Å².